The predicted octanol–water partition coefficient (Wildman–Crippen LogP) is 4.83. The van der Waals surface area contributed by atoms with Crippen LogP contribution in [0, 0.1) is 0 Å². The maximum Gasteiger partial charge on any atom is 0.244 e. The first-order chi connectivity index (χ1) is 7.38. The first kappa shape index (κ1) is 16.1. The lowest BCUT2D eigenvalue weighted by Gasteiger charge is -2.17. The molecule has 0 radical (unpaired) electrons. The average molecular weight is 314 g/mol. The Labute approximate surface area is 114 Å². The van der Waals surface area contributed by atoms with E-state index in [-0.39, 0.29) is 7.43 Å². The molecule has 1 rings (SSSR count). The molecule has 94 valence electrons. The van der Waals surface area contributed by atoms with Crippen molar-refractivity contribution in [3.8, 4) is 0 Å². The summed E-state index contributed by atoms with van der Waals surface area (Å²) in [5.74, 6) is 0.481. The van der Waals surface area contributed by atoms with E-state index in [9.17, 15) is 0 Å². The second-order valence-electron chi connectivity index (χ2n) is 4.39. The first-order valence-corrected chi connectivity index (χ1v) is 9.25. The highest BCUT2D eigenvalue weighted by Crippen LogP contribution is 2.15. The lowest BCUT2D eigenvalue weighted by molar-refractivity contribution is 0.421. The molecule has 0 amide bonds. The molecule has 2 nitrogen and oxygen atoms in total. The number of hydrogen-bond donors (Lipinski definition) is 0. The van der Waals surface area contributed by atoms with E-state index in [1.54, 1.807) is 6.21 Å². The second-order valence-corrected chi connectivity index (χ2v) is 9.67. The van der Waals surface area contributed by atoms with Gasteiger partial charge in [-0.3, -0.25) is 0 Å². The lowest BCUT2D eigenvalue weighted by atomic mass is 10.2. The number of halogens is 1. The van der Waals surface area contributed by atoms with Crippen LogP contribution in [-0.2, 0) is 4.43 Å². The van der Waals surface area contributed by atoms with Crippen LogP contribution in [0.5, 0.6) is 0 Å². The van der Waals surface area contributed by atoms with Gasteiger partial charge in [-0.1, -0.05) is 41.6 Å². The van der Waals surface area contributed by atoms with Crippen molar-refractivity contribution in [3.63, 3.8) is 0 Å². The van der Waals surface area contributed by atoms with Gasteiger partial charge in [-0.05, 0) is 32.3 Å². The molecule has 0 fully saturated rings. The predicted molar refractivity (Wildman–Crippen MR) is 82.0 cm³/mol. The van der Waals surface area contributed by atoms with Gasteiger partial charge < -0.3 is 4.43 Å². The van der Waals surface area contributed by atoms with E-state index < -0.39 is 8.32 Å². The van der Waals surface area contributed by atoms with Gasteiger partial charge in [0.2, 0.25) is 8.32 Å². The molecule has 0 saturated carbocycles. The van der Waals surface area contributed by atoms with E-state index >= 15 is 0 Å². The average Bonchev–Trinajstić information content (AvgIpc) is 2.14. The van der Waals surface area contributed by atoms with Gasteiger partial charge in [0, 0.05) is 16.3 Å². The van der Waals surface area contributed by atoms with Crippen LogP contribution in [-0.4, -0.2) is 14.5 Å². The third-order valence-corrected chi connectivity index (χ3v) is 3.25. The summed E-state index contributed by atoms with van der Waals surface area (Å²) in [6.07, 6.45) is 1.76. The molecule has 0 aromatic heterocycles. The molecule has 1 aromatic rings. The molecule has 17 heavy (non-hydrogen) atoms. The molecule has 0 aliphatic heterocycles. The van der Waals surface area contributed by atoms with Crippen molar-refractivity contribution in [2.24, 2.45) is 4.99 Å². The normalized spacial score (nSPS) is 11.1. The van der Waals surface area contributed by atoms with Crippen molar-refractivity contribution in [3.05, 3.63) is 46.8 Å². The molecule has 0 aliphatic rings. The van der Waals surface area contributed by atoms with Crippen LogP contribution in [0.3, 0.4) is 0 Å². The van der Waals surface area contributed by atoms with Crippen LogP contribution >= 0.6 is 15.9 Å². The van der Waals surface area contributed by atoms with Gasteiger partial charge in [-0.15, -0.1) is 0 Å². The van der Waals surface area contributed by atoms with Crippen LogP contribution < -0.4 is 0 Å². The zero-order valence-corrected chi connectivity index (χ0v) is 12.4. The lowest BCUT2D eigenvalue weighted by Crippen LogP contribution is -2.24. The summed E-state index contributed by atoms with van der Waals surface area (Å²) in [4.78, 5) is 4.20. The van der Waals surface area contributed by atoms with Crippen molar-refractivity contribution in [1.29, 1.82) is 0 Å². The topological polar surface area (TPSA) is 21.6 Å². The molecule has 0 heterocycles. The maximum atomic E-state index is 5.63. The Morgan fingerprint density at radius 3 is 2.47 bits per heavy atom. The summed E-state index contributed by atoms with van der Waals surface area (Å²) >= 11 is 3.45. The third-order valence-electron chi connectivity index (χ3n) is 1.68. The Balaban J connectivity index is 0.00000256. The summed E-state index contributed by atoms with van der Waals surface area (Å²) in [6, 6.07) is 7.89. The minimum absolute atomic E-state index is 0. The van der Waals surface area contributed by atoms with Gasteiger partial charge in [0.05, 0.1) is 0 Å². The van der Waals surface area contributed by atoms with Gasteiger partial charge in [-0.2, -0.15) is 0 Å². The highest BCUT2D eigenvalue weighted by molar-refractivity contribution is 9.10. The summed E-state index contributed by atoms with van der Waals surface area (Å²) in [5, 5.41) is 0. The van der Waals surface area contributed by atoms with Crippen LogP contribution in [0.4, 0.5) is 0 Å². The van der Waals surface area contributed by atoms with E-state index in [2.05, 4.69) is 47.1 Å². The molecule has 0 unspecified atom stereocenters. The third kappa shape index (κ3) is 6.43. The number of aliphatic imine (C=N–C) groups is 1. The molecule has 0 spiro atoms. The monoisotopic (exact) mass is 313 g/mol. The fourth-order valence-electron chi connectivity index (χ4n) is 1.10. The number of hydrogen-bond acceptors (Lipinski definition) is 2. The van der Waals surface area contributed by atoms with E-state index in [1.807, 2.05) is 24.3 Å². The highest BCUT2D eigenvalue weighted by Gasteiger charge is 2.16. The van der Waals surface area contributed by atoms with Crippen molar-refractivity contribution in [2.75, 3.05) is 0 Å². The van der Waals surface area contributed by atoms with Crippen LogP contribution in [0.1, 0.15) is 13.0 Å². The quantitative estimate of drug-likeness (QED) is 0.443. The van der Waals surface area contributed by atoms with Crippen LogP contribution in [0.15, 0.2) is 46.2 Å². The smallest absolute Gasteiger partial charge is 0.244 e. The second kappa shape index (κ2) is 6.76. The Kier molecular flexibility index (Phi) is 6.42. The van der Waals surface area contributed by atoms with Gasteiger partial charge >= 0.3 is 0 Å². The standard InChI is InChI=1S/C12H16BrNOSi.CH4/c1-10(15-16(2,3)4)14-9-11-7-5-6-8-12(11)13;/h5-9H,1H2,2-4H3;1H4. The molecule has 0 atom stereocenters. The zero-order chi connectivity index (χ0) is 12.2. The van der Waals surface area contributed by atoms with E-state index in [0.717, 1.165) is 10.0 Å². The summed E-state index contributed by atoms with van der Waals surface area (Å²) in [6.45, 7) is 10.1. The fourth-order valence-corrected chi connectivity index (χ4v) is 2.25. The summed E-state index contributed by atoms with van der Waals surface area (Å²) in [5.41, 5.74) is 1.02. The summed E-state index contributed by atoms with van der Waals surface area (Å²) < 4.78 is 6.64. The number of rotatable bonds is 4. The molecule has 0 saturated heterocycles. The summed E-state index contributed by atoms with van der Waals surface area (Å²) in [7, 11) is -1.60. The SMILES string of the molecule is C.C=C(N=Cc1ccccc1Br)O[Si](C)(C)C. The van der Waals surface area contributed by atoms with Crippen molar-refractivity contribution in [1.82, 2.24) is 0 Å². The Morgan fingerprint density at radius 2 is 1.94 bits per heavy atom. The van der Waals surface area contributed by atoms with E-state index in [0.29, 0.717) is 5.88 Å². The molecule has 1 aromatic carbocycles. The maximum absolute atomic E-state index is 5.63. The number of benzene rings is 1. The Hall–Kier alpha value is -0.873. The molecule has 0 N–H and O–H groups in total. The van der Waals surface area contributed by atoms with Crippen molar-refractivity contribution < 1.29 is 4.43 Å². The first-order valence-electron chi connectivity index (χ1n) is 5.05. The molecular formula is C13H20BrNOSi. The minimum atomic E-state index is -1.60. The Morgan fingerprint density at radius 1 is 1.35 bits per heavy atom. The highest BCUT2D eigenvalue weighted by atomic mass is 79.9. The Bertz CT molecular complexity index is 410. The van der Waals surface area contributed by atoms with Crippen LogP contribution in [0.25, 0.3) is 0 Å². The number of nitrogens with zero attached hydrogens (tertiary/aromatic N) is 1. The molecule has 4 heteroatoms. The van der Waals surface area contributed by atoms with Gasteiger partial charge in [0.15, 0.2) is 5.88 Å². The van der Waals surface area contributed by atoms with Gasteiger partial charge in [0.1, 0.15) is 0 Å². The van der Waals surface area contributed by atoms with Crippen LogP contribution in [0.2, 0.25) is 19.6 Å². The molecule has 0 bridgehead atoms. The van der Waals surface area contributed by atoms with E-state index in [1.165, 1.54) is 0 Å². The van der Waals surface area contributed by atoms with Crippen molar-refractivity contribution >= 4 is 30.5 Å². The fraction of sp³-hybridized carbons (Fsp3) is 0.308. The van der Waals surface area contributed by atoms with Gasteiger partial charge in [0.25, 0.3) is 0 Å². The minimum Gasteiger partial charge on any atom is -0.532 e. The largest absolute Gasteiger partial charge is 0.532 e. The van der Waals surface area contributed by atoms with Gasteiger partial charge in [-0.25, -0.2) is 4.99 Å². The molecular weight excluding hydrogens is 294 g/mol. The zero-order valence-electron chi connectivity index (χ0n) is 9.83. The molecule has 0 aliphatic carbocycles. The van der Waals surface area contributed by atoms with E-state index in [4.69, 9.17) is 4.43 Å². The van der Waals surface area contributed by atoms with Crippen molar-refractivity contribution in [2.45, 2.75) is 27.1 Å².